The molecule has 1 aliphatic rings. The van der Waals surface area contributed by atoms with Crippen LogP contribution in [0, 0.1) is 12.8 Å². The lowest BCUT2D eigenvalue weighted by Gasteiger charge is -2.16. The third kappa shape index (κ3) is 4.10. The van der Waals surface area contributed by atoms with Gasteiger partial charge in [0.2, 0.25) is 5.91 Å². The molecule has 1 unspecified atom stereocenters. The van der Waals surface area contributed by atoms with E-state index in [1.54, 1.807) is 4.57 Å². The van der Waals surface area contributed by atoms with Crippen LogP contribution in [0.3, 0.4) is 0 Å². The van der Waals surface area contributed by atoms with E-state index in [0.29, 0.717) is 28.7 Å². The van der Waals surface area contributed by atoms with E-state index in [1.807, 2.05) is 25.1 Å². The molecule has 0 bridgehead atoms. The maximum Gasteiger partial charge on any atom is 0.278 e. The van der Waals surface area contributed by atoms with Crippen molar-refractivity contribution in [2.24, 2.45) is 5.92 Å². The highest BCUT2D eigenvalue weighted by atomic mass is 32.2. The number of carbonyl (C=O) groups is 1. The Hall–Kier alpha value is -2.54. The maximum absolute atomic E-state index is 12.9. The highest BCUT2D eigenvalue weighted by Gasteiger charge is 2.23. The first-order valence-electron chi connectivity index (χ1n) is 10.0. The van der Waals surface area contributed by atoms with Crippen LogP contribution in [-0.2, 0) is 17.8 Å². The lowest BCUT2D eigenvalue weighted by molar-refractivity contribution is -0.119. The molecule has 0 radical (unpaired) electrons. The van der Waals surface area contributed by atoms with Crippen molar-refractivity contribution in [3.05, 3.63) is 57.5 Å². The van der Waals surface area contributed by atoms with Gasteiger partial charge in [-0.1, -0.05) is 49.9 Å². The third-order valence-corrected chi connectivity index (χ3v) is 6.16. The molecule has 0 saturated heterocycles. The van der Waals surface area contributed by atoms with Gasteiger partial charge in [0, 0.05) is 12.2 Å². The molecule has 1 aromatic carbocycles. The Kier molecular flexibility index (Phi) is 5.50. The summed E-state index contributed by atoms with van der Waals surface area (Å²) in [4.78, 5) is 33.3. The second-order valence-corrected chi connectivity index (χ2v) is 9.01. The summed E-state index contributed by atoms with van der Waals surface area (Å²) in [6.07, 6.45) is 1.92. The molecule has 3 aromatic rings. The minimum Gasteiger partial charge on any atom is -0.353 e. The number of benzene rings is 1. The van der Waals surface area contributed by atoms with E-state index < -0.39 is 0 Å². The van der Waals surface area contributed by atoms with Crippen LogP contribution in [0.5, 0.6) is 0 Å². The van der Waals surface area contributed by atoms with E-state index in [2.05, 4.69) is 41.3 Å². The van der Waals surface area contributed by atoms with Gasteiger partial charge in [-0.25, -0.2) is 4.98 Å². The number of aromatic amines is 1. The van der Waals surface area contributed by atoms with Crippen LogP contribution >= 0.6 is 11.8 Å². The Morgan fingerprint density at radius 1 is 1.38 bits per heavy atom. The summed E-state index contributed by atoms with van der Waals surface area (Å²) >= 11 is 1.33. The van der Waals surface area contributed by atoms with Gasteiger partial charge in [0.05, 0.1) is 17.3 Å². The van der Waals surface area contributed by atoms with Crippen molar-refractivity contribution in [2.45, 2.75) is 51.4 Å². The Bertz CT molecular complexity index is 1120. The quantitative estimate of drug-likeness (QED) is 0.481. The zero-order valence-electron chi connectivity index (χ0n) is 17.0. The number of rotatable bonds is 6. The predicted molar refractivity (Wildman–Crippen MR) is 116 cm³/mol. The Morgan fingerprint density at radius 3 is 2.97 bits per heavy atom. The second kappa shape index (κ2) is 8.06. The third-order valence-electron chi connectivity index (χ3n) is 5.19. The summed E-state index contributed by atoms with van der Waals surface area (Å²) in [5, 5.41) is 3.73. The zero-order chi connectivity index (χ0) is 20.5. The van der Waals surface area contributed by atoms with Crippen LogP contribution in [0.2, 0.25) is 0 Å². The number of hydrogen-bond donors (Lipinski definition) is 2. The van der Waals surface area contributed by atoms with Crippen molar-refractivity contribution < 1.29 is 4.79 Å². The molecule has 0 spiro atoms. The summed E-state index contributed by atoms with van der Waals surface area (Å²) in [6.45, 7) is 6.61. The first kappa shape index (κ1) is 19.8. The van der Waals surface area contributed by atoms with E-state index in [0.717, 1.165) is 18.5 Å². The molecule has 152 valence electrons. The molecule has 2 heterocycles. The number of aromatic nitrogens is 3. The van der Waals surface area contributed by atoms with Crippen molar-refractivity contribution >= 4 is 28.7 Å². The molecule has 6 nitrogen and oxygen atoms in total. The molecule has 1 amide bonds. The largest absolute Gasteiger partial charge is 0.353 e. The van der Waals surface area contributed by atoms with Gasteiger partial charge >= 0.3 is 0 Å². The highest BCUT2D eigenvalue weighted by molar-refractivity contribution is 7.99. The molecule has 0 saturated carbocycles. The topological polar surface area (TPSA) is 79.8 Å². The first-order chi connectivity index (χ1) is 13.9. The molecule has 2 N–H and O–H groups in total. The second-order valence-electron chi connectivity index (χ2n) is 8.06. The van der Waals surface area contributed by atoms with Crippen molar-refractivity contribution in [3.63, 3.8) is 0 Å². The average molecular weight is 411 g/mol. The van der Waals surface area contributed by atoms with Gasteiger partial charge in [0.1, 0.15) is 5.52 Å². The van der Waals surface area contributed by atoms with E-state index in [1.165, 1.54) is 22.9 Å². The number of nitrogens with one attached hydrogen (secondary N) is 2. The zero-order valence-corrected chi connectivity index (χ0v) is 17.8. The molecule has 29 heavy (non-hydrogen) atoms. The summed E-state index contributed by atoms with van der Waals surface area (Å²) in [5.41, 5.74) is 4.53. The molecule has 1 atom stereocenters. The minimum absolute atomic E-state index is 0.0348. The monoisotopic (exact) mass is 410 g/mol. The minimum atomic E-state index is -0.0792. The highest BCUT2D eigenvalue weighted by Crippen LogP contribution is 2.30. The van der Waals surface area contributed by atoms with Gasteiger partial charge in [0.15, 0.2) is 5.16 Å². The molecule has 0 aliphatic heterocycles. The molecule has 7 heteroatoms. The Balaban J connectivity index is 1.51. The molecule has 1 aliphatic carbocycles. The van der Waals surface area contributed by atoms with Crippen molar-refractivity contribution in [2.75, 3.05) is 5.75 Å². The van der Waals surface area contributed by atoms with Crippen LogP contribution < -0.4 is 10.9 Å². The number of aryl methyl sites for hydroxylation is 2. The smallest absolute Gasteiger partial charge is 0.278 e. The Morgan fingerprint density at radius 2 is 2.17 bits per heavy atom. The van der Waals surface area contributed by atoms with E-state index >= 15 is 0 Å². The van der Waals surface area contributed by atoms with Gasteiger partial charge in [-0.05, 0) is 42.9 Å². The van der Waals surface area contributed by atoms with Crippen molar-refractivity contribution in [1.29, 1.82) is 0 Å². The van der Waals surface area contributed by atoms with Crippen LogP contribution in [0.1, 0.15) is 43.1 Å². The fraction of sp³-hybridized carbons (Fsp3) is 0.409. The van der Waals surface area contributed by atoms with Crippen LogP contribution in [0.4, 0.5) is 0 Å². The number of fused-ring (bicyclic) bond motifs is 2. The van der Waals surface area contributed by atoms with E-state index in [9.17, 15) is 9.59 Å². The lowest BCUT2D eigenvalue weighted by atomic mass is 10.1. The van der Waals surface area contributed by atoms with E-state index in [-0.39, 0.29) is 23.3 Å². The fourth-order valence-electron chi connectivity index (χ4n) is 3.92. The first-order valence-corrected chi connectivity index (χ1v) is 11.0. The van der Waals surface area contributed by atoms with Gasteiger partial charge in [-0.3, -0.25) is 14.2 Å². The normalized spacial score (nSPS) is 15.8. The van der Waals surface area contributed by atoms with Gasteiger partial charge in [-0.2, -0.15) is 0 Å². The lowest BCUT2D eigenvalue weighted by Crippen LogP contribution is -2.30. The maximum atomic E-state index is 12.9. The number of thioether (sulfide) groups is 1. The SMILES string of the molecule is Cc1cc2nc(SCC(=O)NC3CCc4ccccc43)n(CC(C)C)c(=O)c2[nH]1. The van der Waals surface area contributed by atoms with E-state index in [4.69, 9.17) is 0 Å². The number of nitrogens with zero attached hydrogens (tertiary/aromatic N) is 2. The molecule has 2 aromatic heterocycles. The summed E-state index contributed by atoms with van der Waals surface area (Å²) in [5.74, 6) is 0.497. The Labute approximate surface area is 174 Å². The number of hydrogen-bond acceptors (Lipinski definition) is 4. The predicted octanol–water partition coefficient (Wildman–Crippen LogP) is 3.58. The fourth-order valence-corrected chi connectivity index (χ4v) is 4.74. The number of carbonyl (C=O) groups excluding carboxylic acids is 1. The van der Waals surface area contributed by atoms with Gasteiger partial charge in [-0.15, -0.1) is 0 Å². The summed E-state index contributed by atoms with van der Waals surface area (Å²) in [6, 6.07) is 10.2. The van der Waals surface area contributed by atoms with Crippen LogP contribution in [0.25, 0.3) is 11.0 Å². The standard InChI is InChI=1S/C22H26N4O2S/c1-13(2)11-26-21(28)20-18(10-14(3)23-20)25-22(26)29-12-19(27)24-17-9-8-15-6-4-5-7-16(15)17/h4-7,10,13,17,23H,8-9,11-12H2,1-3H3,(H,24,27). The van der Waals surface area contributed by atoms with Crippen molar-refractivity contribution in [3.8, 4) is 0 Å². The molecular formula is C22H26N4O2S. The average Bonchev–Trinajstić information content (AvgIpc) is 3.26. The van der Waals surface area contributed by atoms with Crippen LogP contribution in [0.15, 0.2) is 40.3 Å². The number of H-pyrrole nitrogens is 1. The van der Waals surface area contributed by atoms with Crippen LogP contribution in [-0.4, -0.2) is 26.2 Å². The number of amides is 1. The molecule has 4 rings (SSSR count). The van der Waals surface area contributed by atoms with Gasteiger partial charge < -0.3 is 10.3 Å². The summed E-state index contributed by atoms with van der Waals surface area (Å²) < 4.78 is 1.69. The molecular weight excluding hydrogens is 384 g/mol. The summed E-state index contributed by atoms with van der Waals surface area (Å²) in [7, 11) is 0. The van der Waals surface area contributed by atoms with Crippen molar-refractivity contribution in [1.82, 2.24) is 19.9 Å². The molecule has 0 fully saturated rings. The van der Waals surface area contributed by atoms with Gasteiger partial charge in [0.25, 0.3) is 5.56 Å².